The van der Waals surface area contributed by atoms with Crippen LogP contribution in [0.2, 0.25) is 0 Å². The van der Waals surface area contributed by atoms with Crippen molar-refractivity contribution in [3.8, 4) is 0 Å². The Labute approximate surface area is 80.8 Å². The Morgan fingerprint density at radius 2 is 2.29 bits per heavy atom. The molecule has 0 unspecified atom stereocenters. The minimum absolute atomic E-state index is 0.0607. The highest BCUT2D eigenvalue weighted by Gasteiger charge is 2.07. The van der Waals surface area contributed by atoms with E-state index in [9.17, 15) is 8.78 Å². The van der Waals surface area contributed by atoms with Gasteiger partial charge in [-0.05, 0) is 13.0 Å². The first-order chi connectivity index (χ1) is 6.63. The van der Waals surface area contributed by atoms with Gasteiger partial charge in [-0.25, -0.2) is 8.78 Å². The van der Waals surface area contributed by atoms with Crippen molar-refractivity contribution < 1.29 is 17.9 Å². The van der Waals surface area contributed by atoms with Gasteiger partial charge in [0.2, 0.25) is 0 Å². The first-order valence-corrected chi connectivity index (χ1v) is 4.27. The molecule has 0 saturated carbocycles. The van der Waals surface area contributed by atoms with Crippen LogP contribution in [0.4, 0.5) is 8.78 Å². The summed E-state index contributed by atoms with van der Waals surface area (Å²) in [4.78, 5) is 0. The number of hydrogen-bond acceptors (Lipinski definition) is 3. The zero-order chi connectivity index (χ0) is 10.6. The van der Waals surface area contributed by atoms with Crippen molar-refractivity contribution in [1.82, 2.24) is 0 Å². The molecule has 80 valence electrons. The van der Waals surface area contributed by atoms with Crippen molar-refractivity contribution in [2.45, 2.75) is 26.5 Å². The predicted molar refractivity (Wildman–Crippen MR) is 47.0 cm³/mol. The van der Waals surface area contributed by atoms with Gasteiger partial charge in [-0.3, -0.25) is 0 Å². The van der Waals surface area contributed by atoms with Crippen molar-refractivity contribution in [3.05, 3.63) is 23.2 Å². The molecular weight excluding hydrogens is 192 g/mol. The van der Waals surface area contributed by atoms with Crippen LogP contribution in [-0.4, -0.2) is 13.0 Å². The van der Waals surface area contributed by atoms with E-state index in [1.165, 1.54) is 0 Å². The third-order valence-corrected chi connectivity index (χ3v) is 1.78. The highest BCUT2D eigenvalue weighted by atomic mass is 19.3. The van der Waals surface area contributed by atoms with Crippen molar-refractivity contribution in [1.29, 1.82) is 0 Å². The molecule has 5 heteroatoms. The molecule has 1 heterocycles. The predicted octanol–water partition coefficient (Wildman–Crippen LogP) is 1.83. The fourth-order valence-corrected chi connectivity index (χ4v) is 1.11. The Morgan fingerprint density at radius 3 is 2.79 bits per heavy atom. The van der Waals surface area contributed by atoms with Gasteiger partial charge in [-0.15, -0.1) is 0 Å². The molecule has 0 aliphatic carbocycles. The van der Waals surface area contributed by atoms with Crippen LogP contribution in [0.15, 0.2) is 10.5 Å². The standard InChI is InChI=1S/C9H13F2NO2/c1-6-7(3-12)2-8(14-6)4-13-5-9(10)11/h2,9H,3-5,12H2,1H3. The Hall–Kier alpha value is -0.940. The summed E-state index contributed by atoms with van der Waals surface area (Å²) in [7, 11) is 0. The summed E-state index contributed by atoms with van der Waals surface area (Å²) in [5.41, 5.74) is 6.30. The quantitative estimate of drug-likeness (QED) is 0.797. The summed E-state index contributed by atoms with van der Waals surface area (Å²) in [6.45, 7) is 1.64. The van der Waals surface area contributed by atoms with E-state index in [4.69, 9.17) is 14.9 Å². The molecule has 0 aliphatic heterocycles. The number of halogens is 2. The van der Waals surface area contributed by atoms with Gasteiger partial charge in [-0.1, -0.05) is 0 Å². The summed E-state index contributed by atoms with van der Waals surface area (Å²) in [5.74, 6) is 1.24. The minimum Gasteiger partial charge on any atom is -0.464 e. The number of furan rings is 1. The molecule has 3 nitrogen and oxygen atoms in total. The molecule has 1 rings (SSSR count). The molecule has 2 N–H and O–H groups in total. The van der Waals surface area contributed by atoms with E-state index in [0.29, 0.717) is 18.1 Å². The van der Waals surface area contributed by atoms with Gasteiger partial charge >= 0.3 is 0 Å². The topological polar surface area (TPSA) is 48.4 Å². The minimum atomic E-state index is -2.44. The molecule has 0 aliphatic rings. The number of hydrogen-bond donors (Lipinski definition) is 1. The molecular formula is C9H13F2NO2. The van der Waals surface area contributed by atoms with E-state index in [-0.39, 0.29) is 6.61 Å². The summed E-state index contributed by atoms with van der Waals surface area (Å²) >= 11 is 0. The van der Waals surface area contributed by atoms with Gasteiger partial charge in [0.15, 0.2) is 0 Å². The maximum Gasteiger partial charge on any atom is 0.261 e. The number of alkyl halides is 2. The maximum atomic E-state index is 11.7. The van der Waals surface area contributed by atoms with Crippen LogP contribution in [0.3, 0.4) is 0 Å². The molecule has 0 aromatic carbocycles. The first-order valence-electron chi connectivity index (χ1n) is 4.27. The highest BCUT2D eigenvalue weighted by Crippen LogP contribution is 2.14. The van der Waals surface area contributed by atoms with Crippen LogP contribution in [-0.2, 0) is 17.9 Å². The average molecular weight is 205 g/mol. The second kappa shape index (κ2) is 5.07. The fourth-order valence-electron chi connectivity index (χ4n) is 1.11. The van der Waals surface area contributed by atoms with Crippen LogP contribution < -0.4 is 5.73 Å². The van der Waals surface area contributed by atoms with Crippen LogP contribution in [0.25, 0.3) is 0 Å². The molecule has 0 bridgehead atoms. The summed E-state index contributed by atoms with van der Waals surface area (Å²) < 4.78 is 33.4. The zero-order valence-corrected chi connectivity index (χ0v) is 7.93. The molecule has 0 saturated heterocycles. The van der Waals surface area contributed by atoms with E-state index in [1.54, 1.807) is 13.0 Å². The van der Waals surface area contributed by atoms with Gasteiger partial charge in [-0.2, -0.15) is 0 Å². The van der Waals surface area contributed by atoms with Gasteiger partial charge in [0.05, 0.1) is 0 Å². The summed E-state index contributed by atoms with van der Waals surface area (Å²) in [6.07, 6.45) is -2.44. The van der Waals surface area contributed by atoms with Crippen LogP contribution in [0.5, 0.6) is 0 Å². The summed E-state index contributed by atoms with van der Waals surface area (Å²) in [6, 6.07) is 1.72. The van der Waals surface area contributed by atoms with Gasteiger partial charge < -0.3 is 14.9 Å². The van der Waals surface area contributed by atoms with Crippen molar-refractivity contribution in [2.24, 2.45) is 5.73 Å². The van der Waals surface area contributed by atoms with Gasteiger partial charge in [0, 0.05) is 12.1 Å². The van der Waals surface area contributed by atoms with E-state index >= 15 is 0 Å². The van der Waals surface area contributed by atoms with Crippen LogP contribution >= 0.6 is 0 Å². The number of rotatable bonds is 5. The van der Waals surface area contributed by atoms with E-state index in [0.717, 1.165) is 5.56 Å². The second-order valence-corrected chi connectivity index (χ2v) is 2.90. The van der Waals surface area contributed by atoms with Gasteiger partial charge in [0.25, 0.3) is 6.43 Å². The Kier molecular flexibility index (Phi) is 4.03. The van der Waals surface area contributed by atoms with Crippen LogP contribution in [0, 0.1) is 6.92 Å². The van der Waals surface area contributed by atoms with E-state index in [2.05, 4.69) is 0 Å². The zero-order valence-electron chi connectivity index (χ0n) is 7.93. The Bertz CT molecular complexity index is 286. The smallest absolute Gasteiger partial charge is 0.261 e. The lowest BCUT2D eigenvalue weighted by Crippen LogP contribution is -2.03. The number of ether oxygens (including phenoxy) is 1. The molecule has 0 atom stereocenters. The van der Waals surface area contributed by atoms with Gasteiger partial charge in [0.1, 0.15) is 24.7 Å². The normalized spacial score (nSPS) is 11.2. The SMILES string of the molecule is Cc1oc(COCC(F)F)cc1CN. The third kappa shape index (κ3) is 3.08. The monoisotopic (exact) mass is 205 g/mol. The molecule has 0 spiro atoms. The van der Waals surface area contributed by atoms with E-state index in [1.807, 2.05) is 0 Å². The van der Waals surface area contributed by atoms with Crippen molar-refractivity contribution in [2.75, 3.05) is 6.61 Å². The lowest BCUT2D eigenvalue weighted by molar-refractivity contribution is 0.00437. The highest BCUT2D eigenvalue weighted by molar-refractivity contribution is 5.19. The molecule has 1 aromatic heterocycles. The lowest BCUT2D eigenvalue weighted by atomic mass is 10.2. The molecule has 0 amide bonds. The molecule has 0 radical (unpaired) electrons. The summed E-state index contributed by atoms with van der Waals surface area (Å²) in [5, 5.41) is 0. The van der Waals surface area contributed by atoms with Crippen molar-refractivity contribution >= 4 is 0 Å². The number of nitrogens with two attached hydrogens (primary N) is 1. The average Bonchev–Trinajstić information content (AvgIpc) is 2.45. The second-order valence-electron chi connectivity index (χ2n) is 2.90. The molecule has 14 heavy (non-hydrogen) atoms. The maximum absolute atomic E-state index is 11.7. The third-order valence-electron chi connectivity index (χ3n) is 1.78. The first kappa shape index (κ1) is 11.1. The van der Waals surface area contributed by atoms with E-state index < -0.39 is 13.0 Å². The van der Waals surface area contributed by atoms with Crippen LogP contribution in [0.1, 0.15) is 17.1 Å². The van der Waals surface area contributed by atoms with Crippen molar-refractivity contribution in [3.63, 3.8) is 0 Å². The fraction of sp³-hybridized carbons (Fsp3) is 0.556. The lowest BCUT2D eigenvalue weighted by Gasteiger charge is -1.99. The Morgan fingerprint density at radius 1 is 1.57 bits per heavy atom. The molecule has 0 fully saturated rings. The molecule has 1 aromatic rings. The largest absolute Gasteiger partial charge is 0.464 e. The number of aryl methyl sites for hydroxylation is 1. The Balaban J connectivity index is 2.43.